The SMILES string of the molecule is CC(C)c1ccc(NC(=S)Nc2ccn(Cc3ccc(Cl)c(Cl)c3)n2)cc1. The molecular weight excluding hydrogens is 399 g/mol. The fraction of sp³-hybridized carbons (Fsp3) is 0.200. The summed E-state index contributed by atoms with van der Waals surface area (Å²) < 4.78 is 1.81. The van der Waals surface area contributed by atoms with Crippen molar-refractivity contribution in [1.82, 2.24) is 9.78 Å². The Labute approximate surface area is 174 Å². The molecule has 0 saturated heterocycles. The first-order chi connectivity index (χ1) is 12.9. The molecule has 27 heavy (non-hydrogen) atoms. The number of benzene rings is 2. The summed E-state index contributed by atoms with van der Waals surface area (Å²) in [4.78, 5) is 0. The van der Waals surface area contributed by atoms with Gasteiger partial charge in [-0.25, -0.2) is 0 Å². The molecule has 1 heterocycles. The molecule has 4 nitrogen and oxygen atoms in total. The number of hydrogen-bond acceptors (Lipinski definition) is 2. The van der Waals surface area contributed by atoms with Gasteiger partial charge in [0, 0.05) is 18.0 Å². The van der Waals surface area contributed by atoms with E-state index in [-0.39, 0.29) is 0 Å². The first-order valence-electron chi connectivity index (χ1n) is 8.56. The van der Waals surface area contributed by atoms with Gasteiger partial charge in [-0.05, 0) is 53.5 Å². The number of thiocarbonyl (C=S) groups is 1. The van der Waals surface area contributed by atoms with E-state index in [2.05, 4.69) is 41.7 Å². The smallest absolute Gasteiger partial charge is 0.176 e. The summed E-state index contributed by atoms with van der Waals surface area (Å²) in [6, 6.07) is 15.7. The standard InChI is InChI=1S/C20H20Cl2N4S/c1-13(2)15-4-6-16(7-5-15)23-20(27)24-19-9-10-26(25-19)12-14-3-8-17(21)18(22)11-14/h3-11,13H,12H2,1-2H3,(H2,23,24,25,27). The van der Waals surface area contributed by atoms with Gasteiger partial charge in [0.1, 0.15) is 0 Å². The largest absolute Gasteiger partial charge is 0.332 e. The minimum Gasteiger partial charge on any atom is -0.332 e. The Bertz CT molecular complexity index is 935. The topological polar surface area (TPSA) is 41.9 Å². The highest BCUT2D eigenvalue weighted by atomic mass is 35.5. The molecule has 0 saturated carbocycles. The Morgan fingerprint density at radius 2 is 1.78 bits per heavy atom. The number of halogens is 2. The fourth-order valence-electron chi connectivity index (χ4n) is 2.57. The zero-order valence-corrected chi connectivity index (χ0v) is 17.4. The summed E-state index contributed by atoms with van der Waals surface area (Å²) in [7, 11) is 0. The van der Waals surface area contributed by atoms with Gasteiger partial charge >= 0.3 is 0 Å². The number of nitrogens with zero attached hydrogens (tertiary/aromatic N) is 2. The summed E-state index contributed by atoms with van der Waals surface area (Å²) >= 11 is 17.4. The molecular formula is C20H20Cl2N4S. The molecule has 0 aliphatic rings. The van der Waals surface area contributed by atoms with Crippen LogP contribution in [0.4, 0.5) is 11.5 Å². The lowest BCUT2D eigenvalue weighted by Gasteiger charge is -2.10. The van der Waals surface area contributed by atoms with Crippen LogP contribution in [0.25, 0.3) is 0 Å². The summed E-state index contributed by atoms with van der Waals surface area (Å²) in [5.74, 6) is 1.18. The molecule has 0 atom stereocenters. The zero-order valence-electron chi connectivity index (χ0n) is 15.0. The van der Waals surface area contributed by atoms with Crippen LogP contribution in [0.15, 0.2) is 54.7 Å². The van der Waals surface area contributed by atoms with Crippen LogP contribution in [0.1, 0.15) is 30.9 Å². The van der Waals surface area contributed by atoms with Crippen LogP contribution in [0, 0.1) is 0 Å². The Morgan fingerprint density at radius 1 is 1.04 bits per heavy atom. The maximum absolute atomic E-state index is 6.06. The molecule has 0 spiro atoms. The van der Waals surface area contributed by atoms with E-state index in [0.717, 1.165) is 11.3 Å². The van der Waals surface area contributed by atoms with E-state index in [1.54, 1.807) is 6.07 Å². The number of anilines is 2. The highest BCUT2D eigenvalue weighted by Gasteiger charge is 2.05. The van der Waals surface area contributed by atoms with Crippen LogP contribution >= 0.6 is 35.4 Å². The number of aromatic nitrogens is 2. The van der Waals surface area contributed by atoms with Crippen LogP contribution in [0.5, 0.6) is 0 Å². The zero-order chi connectivity index (χ0) is 19.4. The average molecular weight is 419 g/mol. The molecule has 2 N–H and O–H groups in total. The van der Waals surface area contributed by atoms with Gasteiger partial charge in [-0.3, -0.25) is 4.68 Å². The lowest BCUT2D eigenvalue weighted by Crippen LogP contribution is -2.19. The summed E-state index contributed by atoms with van der Waals surface area (Å²) in [6.45, 7) is 4.93. The van der Waals surface area contributed by atoms with Gasteiger partial charge in [0.2, 0.25) is 0 Å². The molecule has 1 aromatic heterocycles. The number of rotatable bonds is 5. The molecule has 140 valence electrons. The molecule has 0 unspecified atom stereocenters. The third kappa shape index (κ3) is 5.45. The second-order valence-corrected chi connectivity index (χ2v) is 7.73. The molecule has 3 aromatic rings. The van der Waals surface area contributed by atoms with Crippen LogP contribution in [-0.4, -0.2) is 14.9 Å². The Balaban J connectivity index is 1.58. The second kappa shape index (κ2) is 8.74. The van der Waals surface area contributed by atoms with E-state index >= 15 is 0 Å². The molecule has 2 aromatic carbocycles. The Morgan fingerprint density at radius 3 is 2.44 bits per heavy atom. The number of nitrogens with one attached hydrogen (secondary N) is 2. The van der Waals surface area contributed by atoms with E-state index in [1.807, 2.05) is 41.2 Å². The van der Waals surface area contributed by atoms with Gasteiger partial charge in [0.05, 0.1) is 16.6 Å². The third-order valence-electron chi connectivity index (χ3n) is 4.05. The quantitative estimate of drug-likeness (QED) is 0.486. The molecule has 3 rings (SSSR count). The van der Waals surface area contributed by atoms with E-state index in [4.69, 9.17) is 35.4 Å². The van der Waals surface area contributed by atoms with Crippen molar-refractivity contribution in [3.05, 3.63) is 75.9 Å². The van der Waals surface area contributed by atoms with E-state index in [9.17, 15) is 0 Å². The Hall–Kier alpha value is -2.08. The van der Waals surface area contributed by atoms with Crippen LogP contribution in [0.2, 0.25) is 10.0 Å². The Kier molecular flexibility index (Phi) is 6.37. The second-order valence-electron chi connectivity index (χ2n) is 6.50. The van der Waals surface area contributed by atoms with E-state index in [1.165, 1.54) is 5.56 Å². The van der Waals surface area contributed by atoms with Crippen molar-refractivity contribution in [3.8, 4) is 0 Å². The number of hydrogen-bond donors (Lipinski definition) is 2. The lowest BCUT2D eigenvalue weighted by molar-refractivity contribution is 0.690. The van der Waals surface area contributed by atoms with Crippen molar-refractivity contribution in [1.29, 1.82) is 0 Å². The van der Waals surface area contributed by atoms with Gasteiger partial charge in [-0.15, -0.1) is 0 Å². The van der Waals surface area contributed by atoms with Gasteiger partial charge in [-0.1, -0.05) is 55.2 Å². The molecule has 0 amide bonds. The van der Waals surface area contributed by atoms with Crippen molar-refractivity contribution in [3.63, 3.8) is 0 Å². The van der Waals surface area contributed by atoms with Crippen LogP contribution in [0.3, 0.4) is 0 Å². The maximum atomic E-state index is 6.06. The summed E-state index contributed by atoms with van der Waals surface area (Å²) in [5.41, 5.74) is 3.25. The highest BCUT2D eigenvalue weighted by molar-refractivity contribution is 7.80. The van der Waals surface area contributed by atoms with Crippen LogP contribution < -0.4 is 10.6 Å². The van der Waals surface area contributed by atoms with Crippen molar-refractivity contribution in [2.24, 2.45) is 0 Å². The minimum absolute atomic E-state index is 0.493. The third-order valence-corrected chi connectivity index (χ3v) is 4.99. The highest BCUT2D eigenvalue weighted by Crippen LogP contribution is 2.23. The van der Waals surface area contributed by atoms with Gasteiger partial charge in [-0.2, -0.15) is 5.10 Å². The van der Waals surface area contributed by atoms with Crippen LogP contribution in [-0.2, 0) is 6.54 Å². The van der Waals surface area contributed by atoms with Crippen molar-refractivity contribution >= 4 is 52.0 Å². The molecule has 0 bridgehead atoms. The van der Waals surface area contributed by atoms with Crippen molar-refractivity contribution < 1.29 is 0 Å². The van der Waals surface area contributed by atoms with Crippen molar-refractivity contribution in [2.75, 3.05) is 10.6 Å². The predicted octanol–water partition coefficient (Wildman–Crippen LogP) is 6.17. The normalized spacial score (nSPS) is 10.9. The van der Waals surface area contributed by atoms with Crippen molar-refractivity contribution in [2.45, 2.75) is 26.3 Å². The van der Waals surface area contributed by atoms with Gasteiger partial charge < -0.3 is 10.6 Å². The van der Waals surface area contributed by atoms with E-state index < -0.39 is 0 Å². The molecule has 0 fully saturated rings. The molecule has 0 radical (unpaired) electrons. The van der Waals surface area contributed by atoms with E-state index in [0.29, 0.717) is 33.4 Å². The summed E-state index contributed by atoms with van der Waals surface area (Å²) in [5, 5.41) is 12.3. The molecule has 0 aliphatic heterocycles. The first-order valence-corrected chi connectivity index (χ1v) is 9.72. The summed E-state index contributed by atoms with van der Waals surface area (Å²) in [6.07, 6.45) is 1.88. The molecule has 7 heteroatoms. The van der Waals surface area contributed by atoms with Gasteiger partial charge in [0.15, 0.2) is 10.9 Å². The average Bonchev–Trinajstić information content (AvgIpc) is 3.05. The monoisotopic (exact) mass is 418 g/mol. The lowest BCUT2D eigenvalue weighted by atomic mass is 10.0. The predicted molar refractivity (Wildman–Crippen MR) is 118 cm³/mol. The van der Waals surface area contributed by atoms with Gasteiger partial charge in [0.25, 0.3) is 0 Å². The maximum Gasteiger partial charge on any atom is 0.176 e. The fourth-order valence-corrected chi connectivity index (χ4v) is 3.11. The first kappa shape index (κ1) is 19.7. The minimum atomic E-state index is 0.493. The molecule has 0 aliphatic carbocycles.